The number of methoxy groups -OCH3 is 1. The van der Waals surface area contributed by atoms with Gasteiger partial charge in [-0.1, -0.05) is 19.3 Å². The zero-order valence-corrected chi connectivity index (χ0v) is 11.4. The molecule has 5 nitrogen and oxygen atoms in total. The summed E-state index contributed by atoms with van der Waals surface area (Å²) in [5, 5.41) is 8.84. The molecule has 1 aromatic heterocycles. The number of carbonyl (C=O) groups is 1. The summed E-state index contributed by atoms with van der Waals surface area (Å²) >= 11 is 0. The Balaban J connectivity index is 2.53. The molecule has 1 fully saturated rings. The molecule has 0 radical (unpaired) electrons. The van der Waals surface area contributed by atoms with Crippen LogP contribution in [0.1, 0.15) is 54.0 Å². The number of aromatic carboxylic acids is 1. The molecular formula is C13H15F3N2O3. The molecule has 1 N–H and O–H groups in total. The molecule has 0 atom stereocenters. The Morgan fingerprint density at radius 2 is 1.95 bits per heavy atom. The van der Waals surface area contributed by atoms with Crippen LogP contribution in [0.3, 0.4) is 0 Å². The summed E-state index contributed by atoms with van der Waals surface area (Å²) in [6.45, 7) is 0. The van der Waals surface area contributed by atoms with Gasteiger partial charge in [0.1, 0.15) is 11.2 Å². The van der Waals surface area contributed by atoms with Gasteiger partial charge in [-0.2, -0.15) is 13.2 Å². The number of nitrogens with zero attached hydrogens (tertiary/aromatic N) is 2. The van der Waals surface area contributed by atoms with Gasteiger partial charge in [0.05, 0.1) is 0 Å². The fourth-order valence-electron chi connectivity index (χ4n) is 2.62. The first kappa shape index (κ1) is 15.7. The van der Waals surface area contributed by atoms with Crippen LogP contribution in [-0.4, -0.2) is 28.2 Å². The summed E-state index contributed by atoms with van der Waals surface area (Å²) in [7, 11) is 1.41. The monoisotopic (exact) mass is 304 g/mol. The number of carboxylic acid groups (broad SMARTS) is 1. The largest absolute Gasteiger partial charge is 0.478 e. The molecule has 0 aliphatic heterocycles. The van der Waals surface area contributed by atoms with Crippen molar-refractivity contribution in [1.82, 2.24) is 9.97 Å². The maximum atomic E-state index is 13.0. The van der Waals surface area contributed by atoms with Crippen molar-refractivity contribution in [2.24, 2.45) is 0 Å². The van der Waals surface area contributed by atoms with Crippen LogP contribution in [-0.2, 0) is 16.5 Å². The Morgan fingerprint density at radius 3 is 2.43 bits per heavy atom. The number of aromatic nitrogens is 2. The second-order valence-electron chi connectivity index (χ2n) is 5.02. The van der Waals surface area contributed by atoms with Crippen LogP contribution in [0.2, 0.25) is 0 Å². The third kappa shape index (κ3) is 2.99. The molecule has 1 aromatic rings. The van der Waals surface area contributed by atoms with Crippen molar-refractivity contribution in [3.63, 3.8) is 0 Å². The van der Waals surface area contributed by atoms with Crippen molar-refractivity contribution in [3.8, 4) is 0 Å². The van der Waals surface area contributed by atoms with Gasteiger partial charge in [-0.15, -0.1) is 0 Å². The van der Waals surface area contributed by atoms with Crippen LogP contribution in [0.5, 0.6) is 0 Å². The Bertz CT molecular complexity index is 540. The summed E-state index contributed by atoms with van der Waals surface area (Å²) in [6, 6.07) is 0. The number of ether oxygens (including phenoxy) is 1. The Kier molecular flexibility index (Phi) is 4.18. The molecule has 1 aliphatic rings. The van der Waals surface area contributed by atoms with E-state index in [2.05, 4.69) is 9.97 Å². The number of halogens is 3. The van der Waals surface area contributed by atoms with Crippen LogP contribution in [0, 0.1) is 0 Å². The highest BCUT2D eigenvalue weighted by Gasteiger charge is 2.42. The number of hydrogen-bond donors (Lipinski definition) is 1. The molecule has 21 heavy (non-hydrogen) atoms. The zero-order chi connectivity index (χ0) is 15.7. The van der Waals surface area contributed by atoms with E-state index >= 15 is 0 Å². The van der Waals surface area contributed by atoms with E-state index in [1.54, 1.807) is 0 Å². The van der Waals surface area contributed by atoms with Gasteiger partial charge in [-0.05, 0) is 12.8 Å². The summed E-state index contributed by atoms with van der Waals surface area (Å²) in [5.74, 6) is -1.80. The van der Waals surface area contributed by atoms with E-state index in [0.717, 1.165) is 19.3 Å². The normalized spacial score (nSPS) is 18.5. The molecule has 0 bridgehead atoms. The maximum Gasteiger partial charge on any atom is 0.434 e. The minimum absolute atomic E-state index is 0.0953. The standard InChI is InChI=1S/C13H15F3N2O3/c1-21-12(5-3-2-4-6-12)11-17-7-8(10(19)20)9(18-11)13(14,15)16/h7H,2-6H2,1H3,(H,19,20). The van der Waals surface area contributed by atoms with Crippen molar-refractivity contribution in [2.75, 3.05) is 7.11 Å². The highest BCUT2D eigenvalue weighted by molar-refractivity contribution is 5.88. The van der Waals surface area contributed by atoms with E-state index in [0.29, 0.717) is 19.0 Å². The molecule has 0 spiro atoms. The quantitative estimate of drug-likeness (QED) is 0.929. The molecule has 116 valence electrons. The van der Waals surface area contributed by atoms with Gasteiger partial charge < -0.3 is 9.84 Å². The maximum absolute atomic E-state index is 13.0. The molecule has 1 saturated carbocycles. The first-order valence-electron chi connectivity index (χ1n) is 6.53. The molecule has 0 amide bonds. The Morgan fingerprint density at radius 1 is 1.33 bits per heavy atom. The second-order valence-corrected chi connectivity index (χ2v) is 5.02. The SMILES string of the molecule is COC1(c2ncc(C(=O)O)c(C(F)(F)F)n2)CCCCC1. The van der Waals surface area contributed by atoms with Crippen molar-refractivity contribution >= 4 is 5.97 Å². The van der Waals surface area contributed by atoms with Crippen LogP contribution in [0.15, 0.2) is 6.20 Å². The van der Waals surface area contributed by atoms with E-state index in [-0.39, 0.29) is 5.82 Å². The van der Waals surface area contributed by atoms with E-state index in [1.165, 1.54) is 7.11 Å². The molecule has 8 heteroatoms. The molecular weight excluding hydrogens is 289 g/mol. The lowest BCUT2D eigenvalue weighted by Crippen LogP contribution is -2.34. The fourth-order valence-corrected chi connectivity index (χ4v) is 2.62. The van der Waals surface area contributed by atoms with E-state index < -0.39 is 29.0 Å². The third-order valence-electron chi connectivity index (χ3n) is 3.75. The molecule has 2 rings (SSSR count). The number of alkyl halides is 3. The molecule has 1 heterocycles. The van der Waals surface area contributed by atoms with Gasteiger partial charge in [-0.3, -0.25) is 0 Å². The average Bonchev–Trinajstić information content (AvgIpc) is 2.46. The summed E-state index contributed by atoms with van der Waals surface area (Å²) in [6.07, 6.45) is -0.513. The third-order valence-corrected chi connectivity index (χ3v) is 3.75. The topological polar surface area (TPSA) is 72.3 Å². The molecule has 0 unspecified atom stereocenters. The number of hydrogen-bond acceptors (Lipinski definition) is 4. The lowest BCUT2D eigenvalue weighted by molar-refractivity contribution is -0.142. The molecule has 1 aliphatic carbocycles. The zero-order valence-electron chi connectivity index (χ0n) is 11.4. The summed E-state index contributed by atoms with van der Waals surface area (Å²) in [5.41, 5.74) is -3.34. The van der Waals surface area contributed by atoms with Gasteiger partial charge in [0, 0.05) is 13.3 Å². The van der Waals surface area contributed by atoms with Crippen molar-refractivity contribution in [2.45, 2.75) is 43.9 Å². The van der Waals surface area contributed by atoms with Crippen molar-refractivity contribution in [1.29, 1.82) is 0 Å². The predicted molar refractivity (Wildman–Crippen MR) is 65.8 cm³/mol. The van der Waals surface area contributed by atoms with Gasteiger partial charge in [0.2, 0.25) is 0 Å². The first-order chi connectivity index (χ1) is 9.80. The van der Waals surface area contributed by atoms with Crippen LogP contribution in [0.25, 0.3) is 0 Å². The van der Waals surface area contributed by atoms with Crippen LogP contribution >= 0.6 is 0 Å². The van der Waals surface area contributed by atoms with Gasteiger partial charge in [-0.25, -0.2) is 14.8 Å². The van der Waals surface area contributed by atoms with Crippen molar-refractivity contribution < 1.29 is 27.8 Å². The van der Waals surface area contributed by atoms with E-state index in [9.17, 15) is 18.0 Å². The summed E-state index contributed by atoms with van der Waals surface area (Å²) in [4.78, 5) is 18.2. The van der Waals surface area contributed by atoms with Crippen molar-refractivity contribution in [3.05, 3.63) is 23.3 Å². The van der Waals surface area contributed by atoms with Gasteiger partial charge in [0.25, 0.3) is 0 Å². The average molecular weight is 304 g/mol. The van der Waals surface area contributed by atoms with Crippen LogP contribution in [0.4, 0.5) is 13.2 Å². The lowest BCUT2D eigenvalue weighted by atomic mass is 9.84. The van der Waals surface area contributed by atoms with Crippen LogP contribution < -0.4 is 0 Å². The van der Waals surface area contributed by atoms with Gasteiger partial charge >= 0.3 is 12.1 Å². The minimum Gasteiger partial charge on any atom is -0.478 e. The second kappa shape index (κ2) is 5.59. The fraction of sp³-hybridized carbons (Fsp3) is 0.615. The molecule has 0 saturated heterocycles. The van der Waals surface area contributed by atoms with E-state index in [4.69, 9.17) is 9.84 Å². The minimum atomic E-state index is -4.85. The highest BCUT2D eigenvalue weighted by atomic mass is 19.4. The number of rotatable bonds is 3. The van der Waals surface area contributed by atoms with Gasteiger partial charge in [0.15, 0.2) is 11.5 Å². The predicted octanol–water partition coefficient (Wildman–Crippen LogP) is 3.00. The summed E-state index contributed by atoms with van der Waals surface area (Å²) < 4.78 is 44.4. The highest BCUT2D eigenvalue weighted by Crippen LogP contribution is 2.39. The first-order valence-corrected chi connectivity index (χ1v) is 6.53. The lowest BCUT2D eigenvalue weighted by Gasteiger charge is -2.34. The van der Waals surface area contributed by atoms with E-state index in [1.807, 2.05) is 0 Å². The molecule has 0 aromatic carbocycles. The Hall–Kier alpha value is -1.70. The smallest absolute Gasteiger partial charge is 0.434 e. The number of carboxylic acids is 1. The Labute approximate surface area is 119 Å².